The molecule has 25 heavy (non-hydrogen) atoms. The second kappa shape index (κ2) is 6.21. The van der Waals surface area contributed by atoms with Crippen molar-refractivity contribution in [2.75, 3.05) is 24.7 Å². The molecule has 0 saturated carbocycles. The number of fused-ring (bicyclic) bond motifs is 1. The molecule has 1 aliphatic rings. The Morgan fingerprint density at radius 3 is 3.00 bits per heavy atom. The van der Waals surface area contributed by atoms with Gasteiger partial charge >= 0.3 is 0 Å². The van der Waals surface area contributed by atoms with Crippen LogP contribution in [0.15, 0.2) is 30.6 Å². The van der Waals surface area contributed by atoms with Gasteiger partial charge in [0.1, 0.15) is 18.2 Å². The number of rotatable bonds is 3. The number of benzene rings is 1. The van der Waals surface area contributed by atoms with E-state index >= 15 is 0 Å². The zero-order chi connectivity index (χ0) is 17.4. The lowest BCUT2D eigenvalue weighted by Gasteiger charge is -2.27. The molecule has 1 fully saturated rings. The van der Waals surface area contributed by atoms with E-state index in [2.05, 4.69) is 15.1 Å². The number of halogens is 1. The lowest BCUT2D eigenvalue weighted by atomic mass is 10.1. The monoisotopic (exact) mass is 341 g/mol. The molecule has 8 heteroatoms. The van der Waals surface area contributed by atoms with Gasteiger partial charge in [-0.2, -0.15) is 5.10 Å². The average molecular weight is 341 g/mol. The van der Waals surface area contributed by atoms with Gasteiger partial charge in [-0.3, -0.25) is 4.79 Å². The number of hydrogen-bond acceptors (Lipinski definition) is 5. The van der Waals surface area contributed by atoms with E-state index < -0.39 is 5.82 Å². The number of carbonyl (C=O) groups excluding carboxylic acids is 1. The van der Waals surface area contributed by atoms with E-state index in [1.165, 1.54) is 12.1 Å². The minimum atomic E-state index is -0.394. The smallest absolute Gasteiger partial charge is 0.253 e. The van der Waals surface area contributed by atoms with Crippen molar-refractivity contribution in [3.05, 3.63) is 47.8 Å². The maximum atomic E-state index is 14.1. The molecule has 7 nitrogen and oxygen atoms in total. The maximum absolute atomic E-state index is 14.1. The third-order valence-corrected chi connectivity index (χ3v) is 4.07. The summed E-state index contributed by atoms with van der Waals surface area (Å²) in [4.78, 5) is 22.1. The Labute approximate surface area is 143 Å². The van der Waals surface area contributed by atoms with Crippen LogP contribution in [0.1, 0.15) is 11.4 Å². The van der Waals surface area contributed by atoms with Crippen LogP contribution in [0, 0.1) is 12.7 Å². The SMILES string of the molecule is Cc1ncc2cnn(Cc3cc(F)cc(N4CCOCC4=O)c3)c2n1. The molecule has 0 aliphatic carbocycles. The minimum absolute atomic E-state index is 0.0197. The summed E-state index contributed by atoms with van der Waals surface area (Å²) in [5.41, 5.74) is 1.93. The lowest BCUT2D eigenvalue weighted by Crippen LogP contribution is -2.41. The number of carbonyl (C=O) groups is 1. The minimum Gasteiger partial charge on any atom is -0.370 e. The summed E-state index contributed by atoms with van der Waals surface area (Å²) in [5.74, 6) is 0.0814. The number of ether oxygens (including phenoxy) is 1. The van der Waals surface area contributed by atoms with Crippen molar-refractivity contribution in [1.29, 1.82) is 0 Å². The van der Waals surface area contributed by atoms with Crippen molar-refractivity contribution in [3.8, 4) is 0 Å². The summed E-state index contributed by atoms with van der Waals surface area (Å²) in [6.07, 6.45) is 3.39. The van der Waals surface area contributed by atoms with Gasteiger partial charge in [0.2, 0.25) is 0 Å². The number of aryl methyl sites for hydroxylation is 1. The Bertz CT molecular complexity index is 955. The summed E-state index contributed by atoms with van der Waals surface area (Å²) in [7, 11) is 0. The highest BCUT2D eigenvalue weighted by atomic mass is 19.1. The van der Waals surface area contributed by atoms with Crippen LogP contribution >= 0.6 is 0 Å². The van der Waals surface area contributed by atoms with E-state index in [1.54, 1.807) is 35.0 Å². The third-order valence-electron chi connectivity index (χ3n) is 4.07. The highest BCUT2D eigenvalue weighted by molar-refractivity contribution is 5.94. The third kappa shape index (κ3) is 3.08. The van der Waals surface area contributed by atoms with Crippen LogP contribution in [0.2, 0.25) is 0 Å². The van der Waals surface area contributed by atoms with Gasteiger partial charge in [-0.15, -0.1) is 0 Å². The van der Waals surface area contributed by atoms with Crippen LogP contribution in [0.5, 0.6) is 0 Å². The number of morpholine rings is 1. The second-order valence-electron chi connectivity index (χ2n) is 5.91. The van der Waals surface area contributed by atoms with Gasteiger partial charge in [0.25, 0.3) is 5.91 Å². The molecule has 0 bridgehead atoms. The van der Waals surface area contributed by atoms with Crippen molar-refractivity contribution in [2.45, 2.75) is 13.5 Å². The fraction of sp³-hybridized carbons (Fsp3) is 0.294. The Morgan fingerprint density at radius 2 is 2.16 bits per heavy atom. The van der Waals surface area contributed by atoms with Crippen LogP contribution in [-0.4, -0.2) is 45.4 Å². The van der Waals surface area contributed by atoms with E-state index in [1.807, 2.05) is 0 Å². The highest BCUT2D eigenvalue weighted by Crippen LogP contribution is 2.22. The van der Waals surface area contributed by atoms with E-state index in [4.69, 9.17) is 4.74 Å². The number of aromatic nitrogens is 4. The first-order valence-corrected chi connectivity index (χ1v) is 7.93. The Hall–Kier alpha value is -2.87. The predicted molar refractivity (Wildman–Crippen MR) is 88.7 cm³/mol. The normalized spacial score (nSPS) is 15.1. The largest absolute Gasteiger partial charge is 0.370 e. The lowest BCUT2D eigenvalue weighted by molar-refractivity contribution is -0.125. The van der Waals surface area contributed by atoms with Crippen molar-refractivity contribution in [1.82, 2.24) is 19.7 Å². The number of anilines is 1. The molecule has 1 amide bonds. The molecule has 4 rings (SSSR count). The molecular formula is C17H16FN5O2. The summed E-state index contributed by atoms with van der Waals surface area (Å²) < 4.78 is 20.9. The molecule has 2 aromatic heterocycles. The van der Waals surface area contributed by atoms with E-state index in [0.29, 0.717) is 42.4 Å². The standard InChI is InChI=1S/C17H16FN5O2/c1-11-19-7-13-8-20-23(17(13)21-11)9-12-4-14(18)6-15(5-12)22-2-3-25-10-16(22)24/h4-8H,2-3,9-10H2,1H3. The fourth-order valence-electron chi connectivity index (χ4n) is 2.91. The van der Waals surface area contributed by atoms with Crippen LogP contribution in [0.25, 0.3) is 11.0 Å². The van der Waals surface area contributed by atoms with Gasteiger partial charge in [-0.1, -0.05) is 0 Å². The van der Waals surface area contributed by atoms with E-state index in [-0.39, 0.29) is 12.5 Å². The first-order valence-electron chi connectivity index (χ1n) is 7.93. The van der Waals surface area contributed by atoms with Crippen LogP contribution < -0.4 is 4.90 Å². The fourth-order valence-corrected chi connectivity index (χ4v) is 2.91. The number of nitrogens with zero attached hydrogens (tertiary/aromatic N) is 5. The predicted octanol–water partition coefficient (Wildman–Crippen LogP) is 1.69. The molecule has 3 aromatic rings. The molecular weight excluding hydrogens is 325 g/mol. The van der Waals surface area contributed by atoms with Crippen molar-refractivity contribution in [3.63, 3.8) is 0 Å². The molecule has 128 valence electrons. The molecule has 0 radical (unpaired) electrons. The topological polar surface area (TPSA) is 73.1 Å². The molecule has 1 aliphatic heterocycles. The zero-order valence-electron chi connectivity index (χ0n) is 13.6. The van der Waals surface area contributed by atoms with Crippen molar-refractivity contribution in [2.24, 2.45) is 0 Å². The Balaban J connectivity index is 1.68. The molecule has 3 heterocycles. The van der Waals surface area contributed by atoms with Crippen LogP contribution in [0.4, 0.5) is 10.1 Å². The molecule has 1 aromatic carbocycles. The highest BCUT2D eigenvalue weighted by Gasteiger charge is 2.21. The van der Waals surface area contributed by atoms with Gasteiger partial charge in [0.15, 0.2) is 5.65 Å². The average Bonchev–Trinajstić information content (AvgIpc) is 2.97. The molecule has 1 saturated heterocycles. The van der Waals surface area contributed by atoms with E-state index in [9.17, 15) is 9.18 Å². The number of amides is 1. The zero-order valence-corrected chi connectivity index (χ0v) is 13.6. The maximum Gasteiger partial charge on any atom is 0.253 e. The van der Waals surface area contributed by atoms with Gasteiger partial charge < -0.3 is 9.64 Å². The summed E-state index contributed by atoms with van der Waals surface area (Å²) in [6, 6.07) is 4.60. The second-order valence-corrected chi connectivity index (χ2v) is 5.91. The van der Waals surface area contributed by atoms with Crippen LogP contribution in [-0.2, 0) is 16.1 Å². The quantitative estimate of drug-likeness (QED) is 0.725. The summed E-state index contributed by atoms with van der Waals surface area (Å²) >= 11 is 0. The molecule has 0 unspecified atom stereocenters. The van der Waals surface area contributed by atoms with Gasteiger partial charge in [-0.25, -0.2) is 19.0 Å². The summed E-state index contributed by atoms with van der Waals surface area (Å²) in [6.45, 7) is 3.03. The molecule has 0 spiro atoms. The number of hydrogen-bond donors (Lipinski definition) is 0. The van der Waals surface area contributed by atoms with E-state index in [0.717, 1.165) is 5.39 Å². The van der Waals surface area contributed by atoms with Gasteiger partial charge in [0, 0.05) is 18.4 Å². The van der Waals surface area contributed by atoms with Gasteiger partial charge in [0.05, 0.1) is 24.7 Å². The first-order chi connectivity index (χ1) is 12.1. The van der Waals surface area contributed by atoms with Crippen molar-refractivity contribution < 1.29 is 13.9 Å². The van der Waals surface area contributed by atoms with Crippen LogP contribution in [0.3, 0.4) is 0 Å². The Kier molecular flexibility index (Phi) is 3.89. The summed E-state index contributed by atoms with van der Waals surface area (Å²) in [5, 5.41) is 5.13. The van der Waals surface area contributed by atoms with Crippen molar-refractivity contribution >= 4 is 22.6 Å². The van der Waals surface area contributed by atoms with Gasteiger partial charge in [-0.05, 0) is 30.7 Å². The molecule has 0 N–H and O–H groups in total. The first kappa shape index (κ1) is 15.6. The molecule has 0 atom stereocenters. The Morgan fingerprint density at radius 1 is 1.28 bits per heavy atom.